The summed E-state index contributed by atoms with van der Waals surface area (Å²) in [5, 5.41) is 10.3. The summed E-state index contributed by atoms with van der Waals surface area (Å²) in [6.45, 7) is 3.96. The highest BCUT2D eigenvalue weighted by atomic mass is 16.5. The first-order chi connectivity index (χ1) is 11.8. The molecule has 0 aliphatic carbocycles. The lowest BCUT2D eigenvalue weighted by atomic mass is 10.0. The molecule has 0 aliphatic heterocycles. The normalized spacial score (nSPS) is 10.7. The van der Waals surface area contributed by atoms with E-state index in [1.807, 2.05) is 0 Å². The molecule has 0 fully saturated rings. The zero-order valence-electron chi connectivity index (χ0n) is 15.7. The minimum absolute atomic E-state index is 0.0969. The van der Waals surface area contributed by atoms with Crippen molar-refractivity contribution >= 4 is 5.97 Å². The van der Waals surface area contributed by atoms with Crippen molar-refractivity contribution in [1.82, 2.24) is 0 Å². The lowest BCUT2D eigenvalue weighted by Crippen LogP contribution is -2.03. The predicted molar refractivity (Wildman–Crippen MR) is 101 cm³/mol. The zero-order chi connectivity index (χ0) is 17.7. The Labute approximate surface area is 149 Å². The predicted octanol–water partition coefficient (Wildman–Crippen LogP) is 6.39. The van der Waals surface area contributed by atoms with Crippen LogP contribution in [0.25, 0.3) is 0 Å². The quantitative estimate of drug-likeness (QED) is 0.155. The Morgan fingerprint density at radius 1 is 0.667 bits per heavy atom. The van der Waals surface area contributed by atoms with Crippen LogP contribution in [0.5, 0.6) is 0 Å². The summed E-state index contributed by atoms with van der Waals surface area (Å²) in [4.78, 5) is 11.3. The molecule has 0 aromatic carbocycles. The number of hydrogen-bond acceptors (Lipinski definition) is 2. The smallest absolute Gasteiger partial charge is 0.306 e. The second-order valence-corrected chi connectivity index (χ2v) is 6.73. The first-order valence-corrected chi connectivity index (χ1v) is 10.2. The van der Waals surface area contributed by atoms with Crippen molar-refractivity contribution in [3.8, 4) is 0 Å². The summed E-state index contributed by atoms with van der Waals surface area (Å²) < 4.78 is 4.95. The molecule has 0 rings (SSSR count). The summed E-state index contributed by atoms with van der Waals surface area (Å²) in [6, 6.07) is 0. The van der Waals surface area contributed by atoms with E-state index in [1.165, 1.54) is 70.6 Å². The molecule has 0 aromatic rings. The van der Waals surface area contributed by atoms with Crippen LogP contribution in [0, 0.1) is 0 Å². The average Bonchev–Trinajstić information content (AvgIpc) is 2.59. The SMILES string of the molecule is C=CCOC(=O)CCCCCCCCCCCCCCCCC[O]. The van der Waals surface area contributed by atoms with Crippen molar-refractivity contribution in [1.29, 1.82) is 0 Å². The van der Waals surface area contributed by atoms with Gasteiger partial charge in [-0.25, -0.2) is 5.11 Å². The number of carbonyl (C=O) groups excluding carboxylic acids is 1. The highest BCUT2D eigenvalue weighted by Crippen LogP contribution is 2.13. The van der Waals surface area contributed by atoms with E-state index >= 15 is 0 Å². The van der Waals surface area contributed by atoms with Crippen molar-refractivity contribution in [2.45, 2.75) is 103 Å². The van der Waals surface area contributed by atoms with Gasteiger partial charge in [0, 0.05) is 6.42 Å². The Bertz CT molecular complexity index is 276. The Morgan fingerprint density at radius 2 is 1.04 bits per heavy atom. The van der Waals surface area contributed by atoms with Gasteiger partial charge in [0.25, 0.3) is 0 Å². The van der Waals surface area contributed by atoms with Crippen molar-refractivity contribution in [2.75, 3.05) is 13.2 Å². The molecule has 0 saturated carbocycles. The van der Waals surface area contributed by atoms with E-state index in [0.29, 0.717) is 13.0 Å². The fraction of sp³-hybridized carbons (Fsp3) is 0.857. The number of esters is 1. The topological polar surface area (TPSA) is 46.2 Å². The molecule has 0 atom stereocenters. The van der Waals surface area contributed by atoms with E-state index in [9.17, 15) is 9.90 Å². The number of ether oxygens (including phenoxy) is 1. The summed E-state index contributed by atoms with van der Waals surface area (Å²) in [6.07, 6.45) is 20.8. The molecule has 0 saturated heterocycles. The van der Waals surface area contributed by atoms with Crippen molar-refractivity contribution in [3.05, 3.63) is 12.7 Å². The molecule has 0 N–H and O–H groups in total. The summed E-state index contributed by atoms with van der Waals surface area (Å²) in [5.74, 6) is -0.0969. The molecule has 1 radical (unpaired) electrons. The van der Waals surface area contributed by atoms with Crippen molar-refractivity contribution in [3.63, 3.8) is 0 Å². The molecular formula is C21H39O3. The van der Waals surface area contributed by atoms with Gasteiger partial charge in [0.15, 0.2) is 0 Å². The highest BCUT2D eigenvalue weighted by molar-refractivity contribution is 5.69. The minimum atomic E-state index is -0.0969. The molecule has 24 heavy (non-hydrogen) atoms. The van der Waals surface area contributed by atoms with E-state index in [1.54, 1.807) is 6.08 Å². The van der Waals surface area contributed by atoms with Crippen molar-refractivity contribution in [2.24, 2.45) is 0 Å². The van der Waals surface area contributed by atoms with E-state index in [-0.39, 0.29) is 12.6 Å². The van der Waals surface area contributed by atoms with E-state index < -0.39 is 0 Å². The molecule has 0 spiro atoms. The number of hydrogen-bond donors (Lipinski definition) is 0. The Morgan fingerprint density at radius 3 is 1.42 bits per heavy atom. The number of carbonyl (C=O) groups is 1. The second-order valence-electron chi connectivity index (χ2n) is 6.73. The van der Waals surface area contributed by atoms with E-state index in [4.69, 9.17) is 4.74 Å². The van der Waals surface area contributed by atoms with Crippen LogP contribution in [0.1, 0.15) is 103 Å². The van der Waals surface area contributed by atoms with E-state index in [0.717, 1.165) is 25.7 Å². The molecule has 3 nitrogen and oxygen atoms in total. The lowest BCUT2D eigenvalue weighted by molar-refractivity contribution is -0.142. The highest BCUT2D eigenvalue weighted by Gasteiger charge is 2.01. The third kappa shape index (κ3) is 19.2. The van der Waals surface area contributed by atoms with Crippen LogP contribution in [0.3, 0.4) is 0 Å². The number of rotatable bonds is 19. The third-order valence-electron chi connectivity index (χ3n) is 4.39. The van der Waals surface area contributed by atoms with Gasteiger partial charge in [-0.2, -0.15) is 0 Å². The van der Waals surface area contributed by atoms with Crippen LogP contribution < -0.4 is 0 Å². The van der Waals surface area contributed by atoms with Crippen LogP contribution >= 0.6 is 0 Å². The summed E-state index contributed by atoms with van der Waals surface area (Å²) >= 11 is 0. The Balaban J connectivity index is 3.05. The van der Waals surface area contributed by atoms with Gasteiger partial charge in [0.05, 0.1) is 6.61 Å². The van der Waals surface area contributed by atoms with Gasteiger partial charge in [-0.05, 0) is 12.8 Å². The van der Waals surface area contributed by atoms with Gasteiger partial charge < -0.3 is 4.74 Å². The Hall–Kier alpha value is -0.830. The largest absolute Gasteiger partial charge is 0.461 e. The first-order valence-electron chi connectivity index (χ1n) is 10.2. The van der Waals surface area contributed by atoms with Gasteiger partial charge in [0.1, 0.15) is 6.61 Å². The Kier molecular flexibility index (Phi) is 19.5. The van der Waals surface area contributed by atoms with Gasteiger partial charge >= 0.3 is 5.97 Å². The average molecular weight is 340 g/mol. The van der Waals surface area contributed by atoms with Crippen LogP contribution in [-0.2, 0) is 14.6 Å². The summed E-state index contributed by atoms with van der Waals surface area (Å²) in [7, 11) is 0. The van der Waals surface area contributed by atoms with Gasteiger partial charge in [-0.15, -0.1) is 0 Å². The zero-order valence-corrected chi connectivity index (χ0v) is 15.7. The van der Waals surface area contributed by atoms with Gasteiger partial charge in [-0.1, -0.05) is 96.1 Å². The maximum absolute atomic E-state index is 11.3. The van der Waals surface area contributed by atoms with E-state index in [2.05, 4.69) is 6.58 Å². The van der Waals surface area contributed by atoms with Crippen LogP contribution in [0.4, 0.5) is 0 Å². The molecule has 0 amide bonds. The molecule has 0 bridgehead atoms. The standard InChI is InChI=1S/C21H39O3/c1-2-20-24-21(23)18-16-14-12-10-8-6-4-3-5-7-9-11-13-15-17-19-22/h2H,1,3-20H2. The van der Waals surface area contributed by atoms with Crippen molar-refractivity contribution < 1.29 is 14.6 Å². The molecule has 0 aliphatic rings. The summed E-state index contributed by atoms with van der Waals surface area (Å²) in [5.41, 5.74) is 0. The molecule has 0 unspecified atom stereocenters. The molecule has 141 valence electrons. The maximum Gasteiger partial charge on any atom is 0.306 e. The van der Waals surface area contributed by atoms with Gasteiger partial charge in [0.2, 0.25) is 0 Å². The van der Waals surface area contributed by atoms with Crippen LogP contribution in [0.15, 0.2) is 12.7 Å². The maximum atomic E-state index is 11.3. The van der Waals surface area contributed by atoms with Crippen LogP contribution in [-0.4, -0.2) is 19.2 Å². The third-order valence-corrected chi connectivity index (χ3v) is 4.39. The number of unbranched alkanes of at least 4 members (excludes halogenated alkanes) is 14. The first kappa shape index (κ1) is 23.2. The molecule has 0 aromatic heterocycles. The van der Waals surface area contributed by atoms with Gasteiger partial charge in [-0.3, -0.25) is 4.79 Å². The molecular weight excluding hydrogens is 300 g/mol. The van der Waals surface area contributed by atoms with Crippen LogP contribution in [0.2, 0.25) is 0 Å². The lowest BCUT2D eigenvalue weighted by Gasteiger charge is -2.04. The molecule has 3 heteroatoms. The second kappa shape index (κ2) is 20.2. The fourth-order valence-electron chi connectivity index (χ4n) is 2.89. The minimum Gasteiger partial charge on any atom is -0.461 e. The molecule has 0 heterocycles. The fourth-order valence-corrected chi connectivity index (χ4v) is 2.89. The monoisotopic (exact) mass is 339 g/mol.